The van der Waals surface area contributed by atoms with E-state index in [4.69, 9.17) is 21.1 Å². The third-order valence-electron chi connectivity index (χ3n) is 2.83. The highest BCUT2D eigenvalue weighted by molar-refractivity contribution is 6.34. The number of ether oxygens (including phenoxy) is 2. The predicted octanol–water partition coefficient (Wildman–Crippen LogP) is 2.75. The molecule has 0 saturated carbocycles. The van der Waals surface area contributed by atoms with Crippen molar-refractivity contribution < 1.29 is 9.47 Å². The Morgan fingerprint density at radius 1 is 1.10 bits per heavy atom. The molecule has 0 radical (unpaired) electrons. The molecule has 0 aliphatic rings. The maximum Gasteiger partial charge on any atom is 0.159 e. The van der Waals surface area contributed by atoms with Crippen LogP contribution in [0.3, 0.4) is 0 Å². The van der Waals surface area contributed by atoms with Crippen LogP contribution in [0.25, 0.3) is 10.8 Å². The summed E-state index contributed by atoms with van der Waals surface area (Å²) < 4.78 is 10.3. The lowest BCUT2D eigenvalue weighted by molar-refractivity contribution is 0.0705. The fourth-order valence-electron chi connectivity index (χ4n) is 1.83. The standard InChI is InChI=1S/C14H18ClN3O2/c1-19-9-10-20-8-4-7-16-14-12-6-3-2-5-11(12)13(15)17-18-14/h2-3,5-6H,4,7-10H2,1H3,(H,16,18). The molecule has 1 aromatic heterocycles. The minimum absolute atomic E-state index is 0.425. The Bertz CT molecular complexity index is 551. The minimum Gasteiger partial charge on any atom is -0.382 e. The van der Waals surface area contributed by atoms with Gasteiger partial charge in [-0.3, -0.25) is 0 Å². The van der Waals surface area contributed by atoms with E-state index in [1.807, 2.05) is 24.3 Å². The second-order valence-corrected chi connectivity index (χ2v) is 4.63. The summed E-state index contributed by atoms with van der Waals surface area (Å²) in [6, 6.07) is 7.81. The molecule has 2 rings (SSSR count). The molecule has 0 atom stereocenters. The van der Waals surface area contributed by atoms with E-state index in [1.54, 1.807) is 7.11 Å². The summed E-state index contributed by atoms with van der Waals surface area (Å²) in [5.41, 5.74) is 0. The molecule has 2 aromatic rings. The van der Waals surface area contributed by atoms with Gasteiger partial charge in [0.2, 0.25) is 0 Å². The van der Waals surface area contributed by atoms with Gasteiger partial charge in [-0.05, 0) is 6.42 Å². The number of hydrogen-bond acceptors (Lipinski definition) is 5. The first kappa shape index (κ1) is 15.0. The third kappa shape index (κ3) is 4.03. The molecule has 0 aliphatic carbocycles. The largest absolute Gasteiger partial charge is 0.382 e. The van der Waals surface area contributed by atoms with Crippen molar-refractivity contribution in [3.05, 3.63) is 29.4 Å². The fraction of sp³-hybridized carbons (Fsp3) is 0.429. The molecule has 1 heterocycles. The van der Waals surface area contributed by atoms with Crippen molar-refractivity contribution >= 4 is 28.2 Å². The molecular weight excluding hydrogens is 278 g/mol. The molecular formula is C14H18ClN3O2. The maximum absolute atomic E-state index is 6.03. The summed E-state index contributed by atoms with van der Waals surface area (Å²) in [6.45, 7) is 2.71. The molecule has 0 saturated heterocycles. The van der Waals surface area contributed by atoms with Crippen LogP contribution < -0.4 is 5.32 Å². The van der Waals surface area contributed by atoms with Gasteiger partial charge >= 0.3 is 0 Å². The topological polar surface area (TPSA) is 56.3 Å². The van der Waals surface area contributed by atoms with Crippen LogP contribution in [0.1, 0.15) is 6.42 Å². The lowest BCUT2D eigenvalue weighted by atomic mass is 10.2. The molecule has 108 valence electrons. The Labute approximate surface area is 123 Å². The van der Waals surface area contributed by atoms with E-state index in [0.29, 0.717) is 25.0 Å². The molecule has 0 unspecified atom stereocenters. The molecule has 0 spiro atoms. The van der Waals surface area contributed by atoms with Crippen molar-refractivity contribution in [1.29, 1.82) is 0 Å². The summed E-state index contributed by atoms with van der Waals surface area (Å²) in [4.78, 5) is 0. The first-order valence-corrected chi connectivity index (χ1v) is 6.92. The smallest absolute Gasteiger partial charge is 0.159 e. The summed E-state index contributed by atoms with van der Waals surface area (Å²) in [7, 11) is 1.66. The average molecular weight is 296 g/mol. The number of benzene rings is 1. The summed E-state index contributed by atoms with van der Waals surface area (Å²) in [5, 5.41) is 13.6. The number of aromatic nitrogens is 2. The van der Waals surface area contributed by atoms with Gasteiger partial charge in [-0.25, -0.2) is 0 Å². The highest BCUT2D eigenvalue weighted by atomic mass is 35.5. The first-order chi connectivity index (χ1) is 9.83. The minimum atomic E-state index is 0.425. The molecule has 1 N–H and O–H groups in total. The normalized spacial score (nSPS) is 10.9. The molecule has 6 heteroatoms. The average Bonchev–Trinajstić information content (AvgIpc) is 2.49. The van der Waals surface area contributed by atoms with Gasteiger partial charge in [0.1, 0.15) is 0 Å². The van der Waals surface area contributed by atoms with Crippen LogP contribution in [-0.4, -0.2) is 43.7 Å². The zero-order chi connectivity index (χ0) is 14.2. The van der Waals surface area contributed by atoms with Crippen molar-refractivity contribution in [3.63, 3.8) is 0 Å². The van der Waals surface area contributed by atoms with Crippen LogP contribution in [0.2, 0.25) is 5.15 Å². The van der Waals surface area contributed by atoms with Gasteiger partial charge in [-0.2, -0.15) is 0 Å². The number of nitrogens with one attached hydrogen (secondary N) is 1. The van der Waals surface area contributed by atoms with Gasteiger partial charge < -0.3 is 14.8 Å². The number of hydrogen-bond donors (Lipinski definition) is 1. The van der Waals surface area contributed by atoms with E-state index in [2.05, 4.69) is 15.5 Å². The summed E-state index contributed by atoms with van der Waals surface area (Å²) >= 11 is 6.03. The molecule has 0 amide bonds. The van der Waals surface area contributed by atoms with Gasteiger partial charge in [-0.15, -0.1) is 10.2 Å². The van der Waals surface area contributed by atoms with Gasteiger partial charge in [0.15, 0.2) is 11.0 Å². The number of methoxy groups -OCH3 is 1. The zero-order valence-electron chi connectivity index (χ0n) is 11.4. The summed E-state index contributed by atoms with van der Waals surface area (Å²) in [6.07, 6.45) is 0.891. The van der Waals surface area contributed by atoms with E-state index in [0.717, 1.165) is 29.6 Å². The van der Waals surface area contributed by atoms with Crippen LogP contribution >= 0.6 is 11.6 Å². The number of anilines is 1. The fourth-order valence-corrected chi connectivity index (χ4v) is 2.03. The predicted molar refractivity (Wildman–Crippen MR) is 80.3 cm³/mol. The molecule has 20 heavy (non-hydrogen) atoms. The SMILES string of the molecule is COCCOCCCNc1nnc(Cl)c2ccccc12. The number of nitrogens with zero attached hydrogens (tertiary/aromatic N) is 2. The summed E-state index contributed by atoms with van der Waals surface area (Å²) in [5.74, 6) is 0.752. The lowest BCUT2D eigenvalue weighted by Crippen LogP contribution is -2.09. The van der Waals surface area contributed by atoms with E-state index in [-0.39, 0.29) is 0 Å². The monoisotopic (exact) mass is 295 g/mol. The Balaban J connectivity index is 1.86. The van der Waals surface area contributed by atoms with E-state index in [9.17, 15) is 0 Å². The quantitative estimate of drug-likeness (QED) is 0.759. The molecule has 5 nitrogen and oxygen atoms in total. The van der Waals surface area contributed by atoms with Crippen LogP contribution in [0.15, 0.2) is 24.3 Å². The van der Waals surface area contributed by atoms with Crippen molar-refractivity contribution in [2.24, 2.45) is 0 Å². The van der Waals surface area contributed by atoms with E-state index >= 15 is 0 Å². The van der Waals surface area contributed by atoms with Gasteiger partial charge in [0.05, 0.1) is 13.2 Å². The molecule has 0 aliphatic heterocycles. The van der Waals surface area contributed by atoms with Crippen LogP contribution in [-0.2, 0) is 9.47 Å². The van der Waals surface area contributed by atoms with Crippen LogP contribution in [0.4, 0.5) is 5.82 Å². The Hall–Kier alpha value is -1.43. The number of fused-ring (bicyclic) bond motifs is 1. The van der Waals surface area contributed by atoms with E-state index in [1.165, 1.54) is 0 Å². The Morgan fingerprint density at radius 2 is 1.90 bits per heavy atom. The molecule has 0 bridgehead atoms. The van der Waals surface area contributed by atoms with E-state index < -0.39 is 0 Å². The van der Waals surface area contributed by atoms with Crippen molar-refractivity contribution in [2.75, 3.05) is 38.8 Å². The lowest BCUT2D eigenvalue weighted by Gasteiger charge is -2.09. The zero-order valence-corrected chi connectivity index (χ0v) is 12.2. The van der Waals surface area contributed by atoms with Gasteiger partial charge in [0.25, 0.3) is 0 Å². The van der Waals surface area contributed by atoms with Crippen molar-refractivity contribution in [1.82, 2.24) is 10.2 Å². The third-order valence-corrected chi connectivity index (χ3v) is 3.11. The number of halogens is 1. The molecule has 1 aromatic carbocycles. The van der Waals surface area contributed by atoms with Crippen LogP contribution in [0.5, 0.6) is 0 Å². The van der Waals surface area contributed by atoms with Crippen molar-refractivity contribution in [3.8, 4) is 0 Å². The van der Waals surface area contributed by atoms with Gasteiger partial charge in [0, 0.05) is 31.0 Å². The highest BCUT2D eigenvalue weighted by Gasteiger charge is 2.06. The molecule has 0 fully saturated rings. The Morgan fingerprint density at radius 3 is 2.70 bits per heavy atom. The van der Waals surface area contributed by atoms with Gasteiger partial charge in [-0.1, -0.05) is 35.9 Å². The second-order valence-electron chi connectivity index (χ2n) is 4.27. The highest BCUT2D eigenvalue weighted by Crippen LogP contribution is 2.25. The number of rotatable bonds is 8. The van der Waals surface area contributed by atoms with Crippen LogP contribution in [0, 0.1) is 0 Å². The first-order valence-electron chi connectivity index (χ1n) is 6.54. The Kier molecular flexibility index (Phi) is 5.98. The second kappa shape index (κ2) is 7.99. The van der Waals surface area contributed by atoms with Crippen molar-refractivity contribution in [2.45, 2.75) is 6.42 Å². The maximum atomic E-state index is 6.03.